The van der Waals surface area contributed by atoms with Gasteiger partial charge in [-0.3, -0.25) is 14.4 Å². The van der Waals surface area contributed by atoms with Gasteiger partial charge in [0, 0.05) is 21.2 Å². The van der Waals surface area contributed by atoms with Gasteiger partial charge >= 0.3 is 0 Å². The molecule has 0 bridgehead atoms. The molecule has 49 heavy (non-hydrogen) atoms. The summed E-state index contributed by atoms with van der Waals surface area (Å²) in [6, 6.07) is 43.8. The minimum Gasteiger partial charge on any atom is -0.323 e. The fourth-order valence-corrected chi connectivity index (χ4v) is 6.57. The lowest BCUT2D eigenvalue weighted by Crippen LogP contribution is -2.30. The molecule has 1 unspecified atom stereocenters. The minimum absolute atomic E-state index is 0.0724. The number of hydrogen-bond acceptors (Lipinski definition) is 4. The van der Waals surface area contributed by atoms with Gasteiger partial charge in [0.2, 0.25) is 5.91 Å². The van der Waals surface area contributed by atoms with Crippen molar-refractivity contribution < 1.29 is 14.4 Å². The van der Waals surface area contributed by atoms with Crippen LogP contribution in [0, 0.1) is 0 Å². The highest BCUT2D eigenvalue weighted by Crippen LogP contribution is 2.38. The van der Waals surface area contributed by atoms with E-state index in [0.29, 0.717) is 27.0 Å². The summed E-state index contributed by atoms with van der Waals surface area (Å²) in [6.07, 6.45) is 1.67. The number of amides is 3. The van der Waals surface area contributed by atoms with Crippen LogP contribution < -0.4 is 16.0 Å². The van der Waals surface area contributed by atoms with E-state index in [1.165, 1.54) is 11.8 Å². The van der Waals surface area contributed by atoms with E-state index in [2.05, 4.69) is 16.0 Å². The van der Waals surface area contributed by atoms with E-state index in [1.54, 1.807) is 66.7 Å². The Morgan fingerprint density at radius 3 is 2.16 bits per heavy atom. The Bertz CT molecular complexity index is 2170. The highest BCUT2D eigenvalue weighted by molar-refractivity contribution is 8.00. The van der Waals surface area contributed by atoms with Gasteiger partial charge in [0.05, 0.1) is 10.7 Å². The second-order valence-corrected chi connectivity index (χ2v) is 13.0. The Hall–Kier alpha value is -5.34. The van der Waals surface area contributed by atoms with Gasteiger partial charge in [-0.15, -0.1) is 11.8 Å². The molecule has 242 valence electrons. The standard InChI is InChI=1S/C40H29Cl2N3O3S/c41-30-21-22-34(42)35(24-30)44-40(48)37(27-12-3-1-4-13-27)49-32-19-10-18-31(25-32)43-39(47)36(45-38(46)28-14-5-2-6-15-28)23-29-17-9-16-26-11-7-8-20-33(26)29/h1-25,37H,(H,43,47)(H,44,48)(H,45,46)/b36-23+. The summed E-state index contributed by atoms with van der Waals surface area (Å²) in [4.78, 5) is 41.5. The first-order chi connectivity index (χ1) is 23.8. The van der Waals surface area contributed by atoms with Crippen molar-refractivity contribution in [2.75, 3.05) is 10.6 Å². The Morgan fingerprint density at radius 1 is 0.673 bits per heavy atom. The number of nitrogens with one attached hydrogen (secondary N) is 3. The van der Waals surface area contributed by atoms with Crippen LogP contribution in [-0.4, -0.2) is 17.7 Å². The number of fused-ring (bicyclic) bond motifs is 1. The topological polar surface area (TPSA) is 87.3 Å². The van der Waals surface area contributed by atoms with E-state index in [9.17, 15) is 14.4 Å². The van der Waals surface area contributed by atoms with Crippen LogP contribution in [0.4, 0.5) is 11.4 Å². The lowest BCUT2D eigenvalue weighted by atomic mass is 10.0. The number of rotatable bonds is 10. The fraction of sp³-hybridized carbons (Fsp3) is 0.0250. The molecule has 0 heterocycles. The van der Waals surface area contributed by atoms with Gasteiger partial charge in [0.25, 0.3) is 11.8 Å². The molecule has 0 saturated carbocycles. The number of thioether (sulfide) groups is 1. The summed E-state index contributed by atoms with van der Waals surface area (Å²) in [5, 5.41) is 10.7. The number of benzene rings is 6. The van der Waals surface area contributed by atoms with Crippen LogP contribution >= 0.6 is 35.0 Å². The lowest BCUT2D eigenvalue weighted by Gasteiger charge is -2.18. The molecule has 6 rings (SSSR count). The molecule has 6 nitrogen and oxygen atoms in total. The van der Waals surface area contributed by atoms with E-state index in [4.69, 9.17) is 23.2 Å². The Balaban J connectivity index is 1.27. The molecule has 9 heteroatoms. The molecule has 6 aromatic carbocycles. The second kappa shape index (κ2) is 15.7. The van der Waals surface area contributed by atoms with Crippen LogP contribution in [0.25, 0.3) is 16.8 Å². The van der Waals surface area contributed by atoms with Crippen LogP contribution in [0.15, 0.2) is 156 Å². The van der Waals surface area contributed by atoms with Crippen molar-refractivity contribution in [1.29, 1.82) is 0 Å². The quantitative estimate of drug-likeness (QED) is 0.0980. The van der Waals surface area contributed by atoms with Crippen molar-refractivity contribution in [1.82, 2.24) is 5.32 Å². The maximum atomic E-state index is 13.9. The van der Waals surface area contributed by atoms with Crippen LogP contribution in [-0.2, 0) is 9.59 Å². The van der Waals surface area contributed by atoms with E-state index in [-0.39, 0.29) is 11.6 Å². The van der Waals surface area contributed by atoms with Crippen LogP contribution in [0.3, 0.4) is 0 Å². The largest absolute Gasteiger partial charge is 0.323 e. The van der Waals surface area contributed by atoms with E-state index in [0.717, 1.165) is 26.8 Å². The van der Waals surface area contributed by atoms with Gasteiger partial charge in [-0.05, 0) is 76.5 Å². The Kier molecular flexibility index (Phi) is 10.8. The molecule has 0 fully saturated rings. The summed E-state index contributed by atoms with van der Waals surface area (Å²) >= 11 is 13.8. The lowest BCUT2D eigenvalue weighted by molar-refractivity contribution is -0.116. The van der Waals surface area contributed by atoms with Crippen molar-refractivity contribution in [3.05, 3.63) is 178 Å². The molecule has 0 radical (unpaired) electrons. The number of halogens is 2. The molecule has 0 aliphatic heterocycles. The van der Waals surface area contributed by atoms with E-state index < -0.39 is 17.1 Å². The zero-order chi connectivity index (χ0) is 34.2. The Morgan fingerprint density at radius 2 is 1.37 bits per heavy atom. The average Bonchev–Trinajstić information content (AvgIpc) is 3.12. The molecule has 0 saturated heterocycles. The minimum atomic E-state index is -0.658. The van der Waals surface area contributed by atoms with E-state index in [1.807, 2.05) is 84.9 Å². The third kappa shape index (κ3) is 8.58. The average molecular weight is 703 g/mol. The summed E-state index contributed by atoms with van der Waals surface area (Å²) in [5.74, 6) is -1.21. The smallest absolute Gasteiger partial charge is 0.272 e. The molecule has 0 aliphatic rings. The molecule has 1 atom stereocenters. The second-order valence-electron chi connectivity index (χ2n) is 11.0. The zero-order valence-electron chi connectivity index (χ0n) is 25.9. The van der Waals surface area contributed by atoms with E-state index >= 15 is 0 Å². The number of hydrogen-bond donors (Lipinski definition) is 3. The van der Waals surface area contributed by atoms with Gasteiger partial charge in [-0.2, -0.15) is 0 Å². The van der Waals surface area contributed by atoms with Crippen molar-refractivity contribution >= 4 is 80.9 Å². The van der Waals surface area contributed by atoms with Crippen LogP contribution in [0.2, 0.25) is 10.0 Å². The third-order valence-electron chi connectivity index (χ3n) is 7.52. The SMILES string of the molecule is O=C(Nc1cccc(SC(C(=O)Nc2cc(Cl)ccc2Cl)c2ccccc2)c1)/C(=C\c1cccc2ccccc12)NC(=O)c1ccccc1. The maximum Gasteiger partial charge on any atom is 0.272 e. The molecule has 0 aliphatic carbocycles. The predicted molar refractivity (Wildman–Crippen MR) is 201 cm³/mol. The fourth-order valence-electron chi connectivity index (χ4n) is 5.15. The summed E-state index contributed by atoms with van der Waals surface area (Å²) in [6.45, 7) is 0. The first-order valence-corrected chi connectivity index (χ1v) is 16.9. The first-order valence-electron chi connectivity index (χ1n) is 15.3. The summed E-state index contributed by atoms with van der Waals surface area (Å²) in [5.41, 5.74) is 2.94. The highest BCUT2D eigenvalue weighted by atomic mass is 35.5. The molecular weight excluding hydrogens is 673 g/mol. The molecule has 3 N–H and O–H groups in total. The molecular formula is C40H29Cl2N3O3S. The van der Waals surface area contributed by atoms with Crippen molar-refractivity contribution in [3.8, 4) is 0 Å². The molecule has 3 amide bonds. The van der Waals surface area contributed by atoms with Crippen LogP contribution in [0.1, 0.15) is 26.7 Å². The normalized spacial score (nSPS) is 11.8. The molecule has 0 aromatic heterocycles. The summed E-state index contributed by atoms with van der Waals surface area (Å²) in [7, 11) is 0. The van der Waals surface area contributed by atoms with Crippen LogP contribution in [0.5, 0.6) is 0 Å². The third-order valence-corrected chi connectivity index (χ3v) is 9.34. The highest BCUT2D eigenvalue weighted by Gasteiger charge is 2.24. The number of carbonyl (C=O) groups is 3. The predicted octanol–water partition coefficient (Wildman–Crippen LogP) is 10.0. The zero-order valence-corrected chi connectivity index (χ0v) is 28.2. The van der Waals surface area contributed by atoms with Gasteiger partial charge < -0.3 is 16.0 Å². The number of carbonyl (C=O) groups excluding carboxylic acids is 3. The number of anilines is 2. The van der Waals surface area contributed by atoms with Gasteiger partial charge in [0.1, 0.15) is 10.9 Å². The maximum absolute atomic E-state index is 13.9. The van der Waals surface area contributed by atoms with Gasteiger partial charge in [0.15, 0.2) is 0 Å². The molecule has 0 spiro atoms. The van der Waals surface area contributed by atoms with Gasteiger partial charge in [-0.1, -0.05) is 120 Å². The molecule has 6 aromatic rings. The summed E-state index contributed by atoms with van der Waals surface area (Å²) < 4.78 is 0. The van der Waals surface area contributed by atoms with Crippen molar-refractivity contribution in [3.63, 3.8) is 0 Å². The monoisotopic (exact) mass is 701 g/mol. The van der Waals surface area contributed by atoms with Crippen molar-refractivity contribution in [2.24, 2.45) is 0 Å². The van der Waals surface area contributed by atoms with Gasteiger partial charge in [-0.25, -0.2) is 0 Å². The van der Waals surface area contributed by atoms with Crippen molar-refractivity contribution in [2.45, 2.75) is 10.1 Å². The Labute approximate surface area is 298 Å². The first kappa shape index (κ1) is 33.6.